The molecule has 0 fully saturated rings. The predicted molar refractivity (Wildman–Crippen MR) is 85.6 cm³/mol. The van der Waals surface area contributed by atoms with Crippen LogP contribution in [0, 0.1) is 0 Å². The van der Waals surface area contributed by atoms with E-state index in [-0.39, 0.29) is 5.91 Å². The highest BCUT2D eigenvalue weighted by molar-refractivity contribution is 7.22. The summed E-state index contributed by atoms with van der Waals surface area (Å²) in [7, 11) is 0. The van der Waals surface area contributed by atoms with E-state index in [9.17, 15) is 4.79 Å². The number of hydrogen-bond acceptors (Lipinski definition) is 5. The summed E-state index contributed by atoms with van der Waals surface area (Å²) in [6.07, 6.45) is 1.37. The second-order valence-electron chi connectivity index (χ2n) is 4.42. The molecule has 2 N–H and O–H groups in total. The van der Waals surface area contributed by atoms with Gasteiger partial charge in [0.05, 0.1) is 10.2 Å². The van der Waals surface area contributed by atoms with E-state index in [1.165, 1.54) is 0 Å². The summed E-state index contributed by atoms with van der Waals surface area (Å²) in [4.78, 5) is 15.8. The standard InChI is InChI=1S/C14H18N4OS/c1-4-9(3)17-18-14-16-11-8-10(15-13(19)5-2)6-7-12(11)20-14/h6-8H,4-5H2,1-3H3,(H,15,19)(H,16,18)/b17-9+. The molecule has 20 heavy (non-hydrogen) atoms. The molecule has 0 aliphatic carbocycles. The van der Waals surface area contributed by atoms with Crippen LogP contribution in [-0.2, 0) is 4.79 Å². The van der Waals surface area contributed by atoms with Crippen LogP contribution in [0.5, 0.6) is 0 Å². The smallest absolute Gasteiger partial charge is 0.224 e. The quantitative estimate of drug-likeness (QED) is 0.649. The lowest BCUT2D eigenvalue weighted by atomic mass is 10.3. The van der Waals surface area contributed by atoms with Gasteiger partial charge in [-0.1, -0.05) is 25.2 Å². The maximum absolute atomic E-state index is 11.4. The van der Waals surface area contributed by atoms with Crippen molar-refractivity contribution in [1.29, 1.82) is 0 Å². The second-order valence-corrected chi connectivity index (χ2v) is 5.45. The number of benzene rings is 1. The molecule has 0 saturated heterocycles. The number of aromatic nitrogens is 1. The fourth-order valence-corrected chi connectivity index (χ4v) is 2.31. The molecule has 0 aliphatic rings. The average Bonchev–Trinajstić information content (AvgIpc) is 2.86. The average molecular weight is 290 g/mol. The Morgan fingerprint density at radius 2 is 2.15 bits per heavy atom. The van der Waals surface area contributed by atoms with E-state index in [2.05, 4.69) is 27.8 Å². The van der Waals surface area contributed by atoms with Crippen molar-refractivity contribution in [2.24, 2.45) is 5.10 Å². The molecule has 2 rings (SSSR count). The molecule has 1 aromatic carbocycles. The van der Waals surface area contributed by atoms with Gasteiger partial charge in [0.15, 0.2) is 0 Å². The maximum Gasteiger partial charge on any atom is 0.224 e. The molecule has 1 heterocycles. The van der Waals surface area contributed by atoms with Crippen LogP contribution in [0.2, 0.25) is 0 Å². The van der Waals surface area contributed by atoms with Gasteiger partial charge in [-0.05, 0) is 31.5 Å². The van der Waals surface area contributed by atoms with Crippen molar-refractivity contribution >= 4 is 44.0 Å². The van der Waals surface area contributed by atoms with Gasteiger partial charge >= 0.3 is 0 Å². The minimum atomic E-state index is 0.00102. The number of carbonyl (C=O) groups excluding carboxylic acids is 1. The zero-order chi connectivity index (χ0) is 14.5. The van der Waals surface area contributed by atoms with E-state index < -0.39 is 0 Å². The number of hydrazone groups is 1. The zero-order valence-corrected chi connectivity index (χ0v) is 12.7. The molecular weight excluding hydrogens is 272 g/mol. The highest BCUT2D eigenvalue weighted by Crippen LogP contribution is 2.28. The van der Waals surface area contributed by atoms with Gasteiger partial charge in [0.2, 0.25) is 11.0 Å². The van der Waals surface area contributed by atoms with Crippen molar-refractivity contribution < 1.29 is 4.79 Å². The van der Waals surface area contributed by atoms with Gasteiger partial charge in [-0.25, -0.2) is 4.98 Å². The molecule has 0 unspecified atom stereocenters. The highest BCUT2D eigenvalue weighted by Gasteiger charge is 2.05. The van der Waals surface area contributed by atoms with Gasteiger partial charge in [0.25, 0.3) is 0 Å². The molecule has 0 saturated carbocycles. The lowest BCUT2D eigenvalue weighted by Crippen LogP contribution is -2.08. The Balaban J connectivity index is 2.19. The zero-order valence-electron chi connectivity index (χ0n) is 11.9. The highest BCUT2D eigenvalue weighted by atomic mass is 32.1. The Kier molecular flexibility index (Phi) is 4.68. The number of hydrogen-bond donors (Lipinski definition) is 2. The molecule has 0 aliphatic heterocycles. The number of anilines is 2. The van der Waals surface area contributed by atoms with Gasteiger partial charge < -0.3 is 5.32 Å². The minimum absolute atomic E-state index is 0.00102. The first-order valence-corrected chi connectivity index (χ1v) is 7.43. The van der Waals surface area contributed by atoms with E-state index in [4.69, 9.17) is 0 Å². The summed E-state index contributed by atoms with van der Waals surface area (Å²) in [5.74, 6) is 0.00102. The first-order valence-electron chi connectivity index (χ1n) is 6.62. The monoisotopic (exact) mass is 290 g/mol. The molecule has 0 atom stereocenters. The van der Waals surface area contributed by atoms with Crippen LogP contribution in [0.25, 0.3) is 10.2 Å². The van der Waals surface area contributed by atoms with E-state index in [1.807, 2.05) is 32.0 Å². The molecule has 2 aromatic rings. The van der Waals surface area contributed by atoms with Crippen LogP contribution in [0.4, 0.5) is 10.8 Å². The molecule has 106 valence electrons. The van der Waals surface area contributed by atoms with Crippen LogP contribution in [0.1, 0.15) is 33.6 Å². The topological polar surface area (TPSA) is 66.4 Å². The summed E-state index contributed by atoms with van der Waals surface area (Å²) in [6, 6.07) is 5.72. The lowest BCUT2D eigenvalue weighted by Gasteiger charge is -2.02. The Hall–Kier alpha value is -1.95. The lowest BCUT2D eigenvalue weighted by molar-refractivity contribution is -0.115. The third kappa shape index (κ3) is 3.54. The Labute approximate surface area is 122 Å². The summed E-state index contributed by atoms with van der Waals surface area (Å²) in [5, 5.41) is 7.82. The Morgan fingerprint density at radius 3 is 2.85 bits per heavy atom. The van der Waals surface area contributed by atoms with Crippen molar-refractivity contribution in [3.8, 4) is 0 Å². The summed E-state index contributed by atoms with van der Waals surface area (Å²) < 4.78 is 1.06. The largest absolute Gasteiger partial charge is 0.326 e. The van der Waals surface area contributed by atoms with Crippen molar-refractivity contribution in [3.05, 3.63) is 18.2 Å². The third-order valence-corrected chi connectivity index (χ3v) is 3.79. The van der Waals surface area contributed by atoms with Crippen molar-refractivity contribution in [2.45, 2.75) is 33.6 Å². The van der Waals surface area contributed by atoms with Crippen LogP contribution in [0.3, 0.4) is 0 Å². The van der Waals surface area contributed by atoms with Crippen LogP contribution in [-0.4, -0.2) is 16.6 Å². The normalized spacial score (nSPS) is 11.7. The predicted octanol–water partition coefficient (Wildman–Crippen LogP) is 3.84. The Bertz CT molecular complexity index is 648. The molecule has 6 heteroatoms. The van der Waals surface area contributed by atoms with Crippen molar-refractivity contribution in [3.63, 3.8) is 0 Å². The van der Waals surface area contributed by atoms with Gasteiger partial charge in [-0.2, -0.15) is 5.10 Å². The van der Waals surface area contributed by atoms with Gasteiger partial charge in [0, 0.05) is 17.8 Å². The summed E-state index contributed by atoms with van der Waals surface area (Å²) >= 11 is 1.54. The summed E-state index contributed by atoms with van der Waals surface area (Å²) in [5.41, 5.74) is 5.62. The van der Waals surface area contributed by atoms with Gasteiger partial charge in [0.1, 0.15) is 0 Å². The van der Waals surface area contributed by atoms with Crippen molar-refractivity contribution in [1.82, 2.24) is 4.98 Å². The van der Waals surface area contributed by atoms with E-state index in [0.29, 0.717) is 6.42 Å². The molecule has 5 nitrogen and oxygen atoms in total. The Morgan fingerprint density at radius 1 is 1.35 bits per heavy atom. The third-order valence-electron chi connectivity index (χ3n) is 2.85. The van der Waals surface area contributed by atoms with E-state index in [0.717, 1.165) is 33.2 Å². The SMILES string of the molecule is CCC(=O)Nc1ccc2sc(N/N=C(\C)CC)nc2c1. The van der Waals surface area contributed by atoms with Crippen LogP contribution < -0.4 is 10.7 Å². The second kappa shape index (κ2) is 6.47. The van der Waals surface area contributed by atoms with Gasteiger partial charge in [-0.15, -0.1) is 0 Å². The van der Waals surface area contributed by atoms with E-state index >= 15 is 0 Å². The first kappa shape index (κ1) is 14.5. The first-order chi connectivity index (χ1) is 9.62. The van der Waals surface area contributed by atoms with Crippen LogP contribution in [0.15, 0.2) is 23.3 Å². The number of fused-ring (bicyclic) bond motifs is 1. The fraction of sp³-hybridized carbons (Fsp3) is 0.357. The number of thiazole rings is 1. The number of carbonyl (C=O) groups is 1. The minimum Gasteiger partial charge on any atom is -0.326 e. The number of rotatable bonds is 5. The molecule has 0 bridgehead atoms. The molecular formula is C14H18N4OS. The van der Waals surface area contributed by atoms with E-state index in [1.54, 1.807) is 11.3 Å². The fourth-order valence-electron chi connectivity index (χ4n) is 1.52. The molecule has 1 amide bonds. The molecule has 0 spiro atoms. The van der Waals surface area contributed by atoms with Crippen LogP contribution >= 0.6 is 11.3 Å². The molecule has 0 radical (unpaired) electrons. The maximum atomic E-state index is 11.4. The number of nitrogens with zero attached hydrogens (tertiary/aromatic N) is 2. The number of amides is 1. The summed E-state index contributed by atoms with van der Waals surface area (Å²) in [6.45, 7) is 5.85. The number of nitrogens with one attached hydrogen (secondary N) is 2. The van der Waals surface area contributed by atoms with Crippen molar-refractivity contribution in [2.75, 3.05) is 10.7 Å². The van der Waals surface area contributed by atoms with Gasteiger partial charge in [-0.3, -0.25) is 10.2 Å². The molecule has 1 aromatic heterocycles.